The molecule has 0 radical (unpaired) electrons. The number of ether oxygens (including phenoxy) is 2. The maximum Gasteiger partial charge on any atom is 0.351 e. The van der Waals surface area contributed by atoms with Gasteiger partial charge < -0.3 is 18.5 Å². The van der Waals surface area contributed by atoms with E-state index in [-0.39, 0.29) is 19.6 Å². The van der Waals surface area contributed by atoms with Crippen LogP contribution >= 0.6 is 7.60 Å². The molecule has 0 saturated heterocycles. The highest BCUT2D eigenvalue weighted by atomic mass is 31.2. The SMILES string of the molecule is CCOP(=O)(OCC)C(CCCC=C(C)CCC=C(C)CCC=C(C)C)(COC(=O)C(C)(C)C)C(=O)OC(C)(C)C. The highest BCUT2D eigenvalue weighted by Gasteiger charge is 2.59. The smallest absolute Gasteiger partial charge is 0.351 e. The monoisotopic (exact) mass is 598 g/mol. The number of allylic oxidation sites excluding steroid dienone is 6. The maximum atomic E-state index is 14.3. The molecule has 41 heavy (non-hydrogen) atoms. The van der Waals surface area contributed by atoms with Crippen molar-refractivity contribution in [1.29, 1.82) is 0 Å². The zero-order chi connectivity index (χ0) is 31.9. The summed E-state index contributed by atoms with van der Waals surface area (Å²) in [4.78, 5) is 26.6. The minimum absolute atomic E-state index is 0.0648. The van der Waals surface area contributed by atoms with Gasteiger partial charge in [0.05, 0.1) is 18.6 Å². The highest BCUT2D eigenvalue weighted by molar-refractivity contribution is 7.56. The number of carbonyl (C=O) groups excluding carboxylic acids is 2. The Morgan fingerprint density at radius 1 is 0.732 bits per heavy atom. The molecule has 0 bridgehead atoms. The summed E-state index contributed by atoms with van der Waals surface area (Å²) in [5.41, 5.74) is 2.33. The fourth-order valence-electron chi connectivity index (χ4n) is 4.04. The van der Waals surface area contributed by atoms with Gasteiger partial charge in [-0.15, -0.1) is 0 Å². The molecule has 7 nitrogen and oxygen atoms in total. The van der Waals surface area contributed by atoms with E-state index in [9.17, 15) is 14.2 Å². The molecule has 0 aromatic heterocycles. The molecule has 0 aromatic carbocycles. The molecule has 1 unspecified atom stereocenters. The van der Waals surface area contributed by atoms with Crippen molar-refractivity contribution >= 4 is 19.5 Å². The van der Waals surface area contributed by atoms with Crippen LogP contribution in [0.3, 0.4) is 0 Å². The predicted octanol–water partition coefficient (Wildman–Crippen LogP) is 9.51. The number of unbranched alkanes of at least 4 members (excludes halogenated alkanes) is 1. The Bertz CT molecular complexity index is 949. The molecule has 0 aromatic rings. The van der Waals surface area contributed by atoms with E-state index in [0.717, 1.165) is 25.7 Å². The normalized spacial score (nSPS) is 14.8. The molecule has 0 heterocycles. The second-order valence-electron chi connectivity index (χ2n) is 13.0. The van der Waals surface area contributed by atoms with Gasteiger partial charge in [0.2, 0.25) is 5.16 Å². The Morgan fingerprint density at radius 2 is 1.22 bits per heavy atom. The topological polar surface area (TPSA) is 88.1 Å². The van der Waals surface area contributed by atoms with Crippen LogP contribution in [-0.2, 0) is 32.7 Å². The van der Waals surface area contributed by atoms with E-state index in [2.05, 4.69) is 45.9 Å². The fourth-order valence-corrected chi connectivity index (χ4v) is 6.21. The Kier molecular flexibility index (Phi) is 17.3. The Hall–Kier alpha value is -1.69. The van der Waals surface area contributed by atoms with Crippen molar-refractivity contribution in [2.45, 2.75) is 139 Å². The lowest BCUT2D eigenvalue weighted by Crippen LogP contribution is -2.49. The van der Waals surface area contributed by atoms with Crippen LogP contribution in [0.5, 0.6) is 0 Å². The highest BCUT2D eigenvalue weighted by Crippen LogP contribution is 2.63. The molecule has 0 spiro atoms. The summed E-state index contributed by atoms with van der Waals surface area (Å²) < 4.78 is 37.1. The van der Waals surface area contributed by atoms with E-state index in [1.54, 1.807) is 55.4 Å². The maximum absolute atomic E-state index is 14.3. The van der Waals surface area contributed by atoms with Crippen LogP contribution in [0.1, 0.15) is 128 Å². The summed E-state index contributed by atoms with van der Waals surface area (Å²) in [6.07, 6.45) is 12.0. The van der Waals surface area contributed by atoms with Crippen LogP contribution in [0.15, 0.2) is 34.9 Å². The Balaban J connectivity index is 5.94. The predicted molar refractivity (Wildman–Crippen MR) is 169 cm³/mol. The lowest BCUT2D eigenvalue weighted by molar-refractivity contribution is -0.165. The number of esters is 2. The first-order valence-electron chi connectivity index (χ1n) is 15.1. The minimum Gasteiger partial charge on any atom is -0.463 e. The summed E-state index contributed by atoms with van der Waals surface area (Å²) in [5, 5.41) is -1.79. The summed E-state index contributed by atoms with van der Waals surface area (Å²) in [6, 6.07) is 0. The van der Waals surface area contributed by atoms with Crippen molar-refractivity contribution in [3.8, 4) is 0 Å². The lowest BCUT2D eigenvalue weighted by Gasteiger charge is -2.38. The van der Waals surface area contributed by atoms with Gasteiger partial charge >= 0.3 is 19.5 Å². The van der Waals surface area contributed by atoms with Gasteiger partial charge in [0.1, 0.15) is 12.2 Å². The van der Waals surface area contributed by atoms with Gasteiger partial charge in [-0.2, -0.15) is 0 Å². The van der Waals surface area contributed by atoms with Crippen LogP contribution in [0.4, 0.5) is 0 Å². The molecule has 0 amide bonds. The average Bonchev–Trinajstić information content (AvgIpc) is 2.81. The Labute approximate surface area is 251 Å². The first-order valence-corrected chi connectivity index (χ1v) is 16.6. The van der Waals surface area contributed by atoms with Crippen molar-refractivity contribution in [1.82, 2.24) is 0 Å². The summed E-state index contributed by atoms with van der Waals surface area (Å²) in [7, 11) is -4.10. The quantitative estimate of drug-likeness (QED) is 0.0672. The van der Waals surface area contributed by atoms with Crippen molar-refractivity contribution in [2.75, 3.05) is 19.8 Å². The molecule has 0 N–H and O–H groups in total. The van der Waals surface area contributed by atoms with Crippen LogP contribution in [-0.4, -0.2) is 42.5 Å². The molecule has 0 aliphatic heterocycles. The lowest BCUT2D eigenvalue weighted by atomic mass is 9.96. The van der Waals surface area contributed by atoms with E-state index in [4.69, 9.17) is 18.5 Å². The van der Waals surface area contributed by atoms with Gasteiger partial charge in [-0.05, 0) is 128 Å². The van der Waals surface area contributed by atoms with Gasteiger partial charge in [-0.25, -0.2) is 0 Å². The van der Waals surface area contributed by atoms with E-state index < -0.39 is 42.3 Å². The first kappa shape index (κ1) is 39.3. The number of hydrogen-bond acceptors (Lipinski definition) is 7. The van der Waals surface area contributed by atoms with Crippen LogP contribution in [0.2, 0.25) is 0 Å². The van der Waals surface area contributed by atoms with Crippen molar-refractivity contribution < 1.29 is 32.7 Å². The third kappa shape index (κ3) is 14.9. The van der Waals surface area contributed by atoms with Gasteiger partial charge in [-0.1, -0.05) is 34.9 Å². The van der Waals surface area contributed by atoms with E-state index >= 15 is 0 Å². The molecule has 0 aliphatic carbocycles. The van der Waals surface area contributed by atoms with Gasteiger partial charge in [-0.3, -0.25) is 14.2 Å². The molecule has 1 atom stereocenters. The molecular weight excluding hydrogens is 539 g/mol. The van der Waals surface area contributed by atoms with E-state index in [1.807, 2.05) is 0 Å². The summed E-state index contributed by atoms with van der Waals surface area (Å²) >= 11 is 0. The first-order chi connectivity index (χ1) is 18.8. The molecule has 0 saturated carbocycles. The van der Waals surface area contributed by atoms with Gasteiger partial charge in [0.15, 0.2) is 0 Å². The summed E-state index contributed by atoms with van der Waals surface area (Å²) in [5.74, 6) is -1.25. The number of hydrogen-bond donors (Lipinski definition) is 0. The zero-order valence-electron chi connectivity index (χ0n) is 28.1. The van der Waals surface area contributed by atoms with Crippen molar-refractivity contribution in [3.05, 3.63) is 34.9 Å². The van der Waals surface area contributed by atoms with Crippen molar-refractivity contribution in [2.24, 2.45) is 5.41 Å². The van der Waals surface area contributed by atoms with E-state index in [1.165, 1.54) is 16.7 Å². The molecule has 0 rings (SSSR count). The standard InChI is InChI=1S/C33H59O7P/c1-13-38-41(36,39-14-2)33(30(35)40-32(10,11)12,25-37-29(34)31(7,8)9)24-16-15-20-27(5)22-18-23-28(6)21-17-19-26(3)4/h19-20,23H,13-18,21-22,24-25H2,1-12H3. The molecular formula is C33H59O7P. The number of rotatable bonds is 18. The second-order valence-corrected chi connectivity index (χ2v) is 15.4. The molecule has 0 fully saturated rings. The van der Waals surface area contributed by atoms with Crippen LogP contribution in [0.25, 0.3) is 0 Å². The molecule has 238 valence electrons. The fraction of sp³-hybridized carbons (Fsp3) is 0.758. The van der Waals surface area contributed by atoms with E-state index in [0.29, 0.717) is 12.8 Å². The largest absolute Gasteiger partial charge is 0.463 e. The third-order valence-corrected chi connectivity index (χ3v) is 9.15. The molecule has 0 aliphatic rings. The van der Waals surface area contributed by atoms with Gasteiger partial charge in [0, 0.05) is 0 Å². The zero-order valence-corrected chi connectivity index (χ0v) is 29.0. The summed E-state index contributed by atoms with van der Waals surface area (Å²) in [6.45, 7) is 22.0. The minimum atomic E-state index is -4.10. The third-order valence-electron chi connectivity index (χ3n) is 6.37. The van der Waals surface area contributed by atoms with Crippen LogP contribution < -0.4 is 0 Å². The average molecular weight is 599 g/mol. The van der Waals surface area contributed by atoms with Crippen LogP contribution in [0, 0.1) is 5.41 Å². The van der Waals surface area contributed by atoms with Crippen molar-refractivity contribution in [3.63, 3.8) is 0 Å². The Morgan fingerprint density at radius 3 is 1.66 bits per heavy atom. The molecule has 8 heteroatoms. The number of carbonyl (C=O) groups is 2. The van der Waals surface area contributed by atoms with Gasteiger partial charge in [0.25, 0.3) is 0 Å². The second kappa shape index (κ2) is 18.1.